The lowest BCUT2D eigenvalue weighted by atomic mass is 10.2. The fourth-order valence-corrected chi connectivity index (χ4v) is 1.26. The number of hydrogen-bond donors (Lipinski definition) is 1. The van der Waals surface area contributed by atoms with Crippen molar-refractivity contribution in [3.05, 3.63) is 29.8 Å². The zero-order chi connectivity index (χ0) is 10.9. The Kier molecular flexibility index (Phi) is 5.30. The third-order valence-electron chi connectivity index (χ3n) is 2.10. The van der Waals surface area contributed by atoms with Crippen LogP contribution in [0.4, 0.5) is 0 Å². The second-order valence-electron chi connectivity index (χ2n) is 3.37. The van der Waals surface area contributed by atoms with Crippen molar-refractivity contribution in [1.82, 2.24) is 0 Å². The van der Waals surface area contributed by atoms with Crippen LogP contribution < -0.4 is 4.74 Å². The minimum absolute atomic E-state index is 0.765. The average Bonchev–Trinajstić information content (AvgIpc) is 2.27. The predicted molar refractivity (Wildman–Crippen MR) is 60.8 cm³/mol. The Morgan fingerprint density at radius 3 is 2.60 bits per heavy atom. The first-order chi connectivity index (χ1) is 7.36. The van der Waals surface area contributed by atoms with Gasteiger partial charge in [0, 0.05) is 0 Å². The molecule has 0 amide bonds. The van der Waals surface area contributed by atoms with Gasteiger partial charge in [-0.1, -0.05) is 24.9 Å². The Balaban J connectivity index is 2.36. The average molecular weight is 207 g/mol. The third kappa shape index (κ3) is 4.49. The van der Waals surface area contributed by atoms with Crippen molar-refractivity contribution < 1.29 is 9.94 Å². The zero-order valence-electron chi connectivity index (χ0n) is 9.02. The highest BCUT2D eigenvalue weighted by Gasteiger charge is 1.93. The fourth-order valence-electron chi connectivity index (χ4n) is 1.26. The standard InChI is InChI=1S/C12H17NO2/c1-2-3-4-9-15-12-7-5-11(6-8-12)10-13-14/h5-8,10,14H,2-4,9H2,1H3/b13-10+. The molecule has 82 valence electrons. The first-order valence-electron chi connectivity index (χ1n) is 5.27. The first-order valence-corrected chi connectivity index (χ1v) is 5.27. The van der Waals surface area contributed by atoms with Crippen LogP contribution in [-0.2, 0) is 0 Å². The van der Waals surface area contributed by atoms with Gasteiger partial charge in [-0.3, -0.25) is 0 Å². The van der Waals surface area contributed by atoms with Crippen molar-refractivity contribution in [2.45, 2.75) is 26.2 Å². The van der Waals surface area contributed by atoms with Crippen molar-refractivity contribution in [3.63, 3.8) is 0 Å². The summed E-state index contributed by atoms with van der Waals surface area (Å²) in [6, 6.07) is 7.47. The number of hydrogen-bond acceptors (Lipinski definition) is 3. The van der Waals surface area contributed by atoms with Gasteiger partial charge < -0.3 is 9.94 Å². The molecule has 15 heavy (non-hydrogen) atoms. The van der Waals surface area contributed by atoms with E-state index in [4.69, 9.17) is 9.94 Å². The van der Waals surface area contributed by atoms with Gasteiger partial charge in [-0.2, -0.15) is 0 Å². The lowest BCUT2D eigenvalue weighted by Gasteiger charge is -2.05. The SMILES string of the molecule is CCCCCOc1ccc(/C=N/O)cc1. The Morgan fingerprint density at radius 2 is 2.00 bits per heavy atom. The molecule has 0 fully saturated rings. The van der Waals surface area contributed by atoms with E-state index in [0.29, 0.717) is 0 Å². The Hall–Kier alpha value is -1.51. The van der Waals surface area contributed by atoms with E-state index < -0.39 is 0 Å². The van der Waals surface area contributed by atoms with E-state index in [2.05, 4.69) is 12.1 Å². The number of oxime groups is 1. The van der Waals surface area contributed by atoms with Gasteiger partial charge in [0.25, 0.3) is 0 Å². The summed E-state index contributed by atoms with van der Waals surface area (Å²) in [6.45, 7) is 2.93. The van der Waals surface area contributed by atoms with Crippen LogP contribution in [-0.4, -0.2) is 18.0 Å². The van der Waals surface area contributed by atoms with Crippen LogP contribution in [0.15, 0.2) is 29.4 Å². The monoisotopic (exact) mass is 207 g/mol. The van der Waals surface area contributed by atoms with Crippen molar-refractivity contribution >= 4 is 6.21 Å². The van der Waals surface area contributed by atoms with Gasteiger partial charge in [-0.25, -0.2) is 0 Å². The van der Waals surface area contributed by atoms with E-state index in [-0.39, 0.29) is 0 Å². The highest BCUT2D eigenvalue weighted by atomic mass is 16.5. The Morgan fingerprint density at radius 1 is 1.27 bits per heavy atom. The van der Waals surface area contributed by atoms with Crippen molar-refractivity contribution in [2.75, 3.05) is 6.61 Å². The molecule has 1 N–H and O–H groups in total. The molecular weight excluding hydrogens is 190 g/mol. The van der Waals surface area contributed by atoms with E-state index >= 15 is 0 Å². The van der Waals surface area contributed by atoms with Crippen molar-refractivity contribution in [2.24, 2.45) is 5.16 Å². The second kappa shape index (κ2) is 6.87. The number of benzene rings is 1. The first kappa shape index (κ1) is 11.6. The maximum atomic E-state index is 8.33. The molecule has 1 rings (SSSR count). The normalized spacial score (nSPS) is 10.7. The molecule has 0 aliphatic heterocycles. The van der Waals surface area contributed by atoms with Gasteiger partial charge in [-0.05, 0) is 36.2 Å². The number of ether oxygens (including phenoxy) is 1. The van der Waals surface area contributed by atoms with Gasteiger partial charge in [0.1, 0.15) is 5.75 Å². The molecule has 0 spiro atoms. The molecule has 0 heterocycles. The van der Waals surface area contributed by atoms with Crippen LogP contribution in [0.3, 0.4) is 0 Å². The molecule has 1 aromatic carbocycles. The molecule has 1 aromatic rings. The summed E-state index contributed by atoms with van der Waals surface area (Å²) >= 11 is 0. The zero-order valence-corrected chi connectivity index (χ0v) is 9.02. The molecule has 0 atom stereocenters. The van der Waals surface area contributed by atoms with Gasteiger partial charge >= 0.3 is 0 Å². The van der Waals surface area contributed by atoms with E-state index in [1.54, 1.807) is 0 Å². The van der Waals surface area contributed by atoms with E-state index in [1.807, 2.05) is 24.3 Å². The van der Waals surface area contributed by atoms with Gasteiger partial charge in [0.05, 0.1) is 12.8 Å². The molecule has 0 unspecified atom stereocenters. The number of unbranched alkanes of at least 4 members (excludes halogenated alkanes) is 2. The topological polar surface area (TPSA) is 41.8 Å². The largest absolute Gasteiger partial charge is 0.494 e. The summed E-state index contributed by atoms with van der Waals surface area (Å²) in [5.41, 5.74) is 0.860. The minimum atomic E-state index is 0.765. The van der Waals surface area contributed by atoms with Crippen molar-refractivity contribution in [1.29, 1.82) is 0 Å². The Labute approximate surface area is 90.4 Å². The number of nitrogens with zero attached hydrogens (tertiary/aromatic N) is 1. The minimum Gasteiger partial charge on any atom is -0.494 e. The van der Waals surface area contributed by atoms with Crippen LogP contribution >= 0.6 is 0 Å². The van der Waals surface area contributed by atoms with Crippen LogP contribution in [0.2, 0.25) is 0 Å². The summed E-state index contributed by atoms with van der Waals surface area (Å²) in [6.07, 6.45) is 4.89. The summed E-state index contributed by atoms with van der Waals surface area (Å²) in [4.78, 5) is 0. The lowest BCUT2D eigenvalue weighted by Crippen LogP contribution is -1.96. The van der Waals surface area contributed by atoms with Gasteiger partial charge in [0.2, 0.25) is 0 Å². The van der Waals surface area contributed by atoms with E-state index in [1.165, 1.54) is 19.1 Å². The molecule has 0 aliphatic carbocycles. The molecule has 3 nitrogen and oxygen atoms in total. The fraction of sp³-hybridized carbons (Fsp3) is 0.417. The summed E-state index contributed by atoms with van der Waals surface area (Å²) < 4.78 is 5.53. The second-order valence-corrected chi connectivity index (χ2v) is 3.37. The maximum absolute atomic E-state index is 8.33. The van der Waals surface area contributed by atoms with Crippen LogP contribution in [0.1, 0.15) is 31.7 Å². The summed E-state index contributed by atoms with van der Waals surface area (Å²) in [5.74, 6) is 0.862. The van der Waals surface area contributed by atoms with Crippen LogP contribution in [0, 0.1) is 0 Å². The summed E-state index contributed by atoms with van der Waals surface area (Å²) in [5, 5.41) is 11.3. The van der Waals surface area contributed by atoms with Gasteiger partial charge in [0.15, 0.2) is 0 Å². The Bertz CT molecular complexity index is 293. The highest BCUT2D eigenvalue weighted by Crippen LogP contribution is 2.11. The predicted octanol–water partition coefficient (Wildman–Crippen LogP) is 3.06. The highest BCUT2D eigenvalue weighted by molar-refractivity contribution is 5.79. The molecule has 0 radical (unpaired) electrons. The molecular formula is C12H17NO2. The van der Waals surface area contributed by atoms with Crippen LogP contribution in [0.25, 0.3) is 0 Å². The van der Waals surface area contributed by atoms with Crippen LogP contribution in [0.5, 0.6) is 5.75 Å². The van der Waals surface area contributed by atoms with Crippen molar-refractivity contribution in [3.8, 4) is 5.75 Å². The molecule has 0 aliphatic rings. The quantitative estimate of drug-likeness (QED) is 0.337. The lowest BCUT2D eigenvalue weighted by molar-refractivity contribution is 0.306. The smallest absolute Gasteiger partial charge is 0.119 e. The molecule has 0 aromatic heterocycles. The molecule has 0 saturated heterocycles. The molecule has 0 bridgehead atoms. The molecule has 3 heteroatoms. The maximum Gasteiger partial charge on any atom is 0.119 e. The van der Waals surface area contributed by atoms with E-state index in [9.17, 15) is 0 Å². The van der Waals surface area contributed by atoms with Gasteiger partial charge in [-0.15, -0.1) is 0 Å². The summed E-state index contributed by atoms with van der Waals surface area (Å²) in [7, 11) is 0. The third-order valence-corrected chi connectivity index (χ3v) is 2.10. The number of rotatable bonds is 6. The van der Waals surface area contributed by atoms with E-state index in [0.717, 1.165) is 24.3 Å². The molecule has 0 saturated carbocycles.